The zero-order valence-corrected chi connectivity index (χ0v) is 11.4. The second-order valence-electron chi connectivity index (χ2n) is 4.50. The van der Waals surface area contributed by atoms with E-state index in [-0.39, 0.29) is 35.3 Å². The minimum atomic E-state index is -3.64. The second kappa shape index (κ2) is 5.07. The number of amides is 1. The lowest BCUT2D eigenvalue weighted by Gasteiger charge is -2.18. The van der Waals surface area contributed by atoms with Crippen molar-refractivity contribution in [3.8, 4) is 0 Å². The van der Waals surface area contributed by atoms with Gasteiger partial charge in [-0.25, -0.2) is 17.9 Å². The first-order chi connectivity index (χ1) is 8.76. The predicted molar refractivity (Wildman–Crippen MR) is 69.8 cm³/mol. The van der Waals surface area contributed by atoms with Crippen LogP contribution in [0, 0.1) is 11.7 Å². The van der Waals surface area contributed by atoms with Crippen molar-refractivity contribution in [2.45, 2.75) is 6.42 Å². The zero-order valence-electron chi connectivity index (χ0n) is 9.84. The summed E-state index contributed by atoms with van der Waals surface area (Å²) in [5, 5.41) is 5.20. The average Bonchev–Trinajstić information content (AvgIpc) is 2.60. The Labute approximate surface area is 115 Å². The highest BCUT2D eigenvalue weighted by Gasteiger charge is 2.33. The highest BCUT2D eigenvalue weighted by molar-refractivity contribution is 7.89. The van der Waals surface area contributed by atoms with Gasteiger partial charge in [0.05, 0.1) is 16.5 Å². The number of carbonyl (C=O) groups excluding carboxylic acids is 1. The summed E-state index contributed by atoms with van der Waals surface area (Å²) in [5.41, 5.74) is 0.253. The molecule has 0 aliphatic carbocycles. The van der Waals surface area contributed by atoms with Gasteiger partial charge in [-0.1, -0.05) is 11.6 Å². The molecule has 1 aliphatic heterocycles. The first-order valence-electron chi connectivity index (χ1n) is 5.52. The third-order valence-electron chi connectivity index (χ3n) is 2.87. The minimum absolute atomic E-state index is 0.0588. The lowest BCUT2D eigenvalue weighted by Crippen LogP contribution is -2.27. The van der Waals surface area contributed by atoms with E-state index >= 15 is 0 Å². The Morgan fingerprint density at radius 2 is 2.16 bits per heavy atom. The predicted octanol–water partition coefficient (Wildman–Crippen LogP) is 1.12. The fourth-order valence-corrected chi connectivity index (χ4v) is 3.25. The Bertz CT molecular complexity index is 620. The van der Waals surface area contributed by atoms with Crippen molar-refractivity contribution in [1.82, 2.24) is 0 Å². The Balaban J connectivity index is 2.23. The van der Waals surface area contributed by atoms with E-state index in [1.807, 2.05) is 0 Å². The molecule has 1 atom stereocenters. The molecule has 0 saturated carbocycles. The van der Waals surface area contributed by atoms with E-state index in [2.05, 4.69) is 0 Å². The maximum absolute atomic E-state index is 13.2. The van der Waals surface area contributed by atoms with Gasteiger partial charge in [-0.3, -0.25) is 4.79 Å². The smallest absolute Gasteiger partial charge is 0.227 e. The van der Waals surface area contributed by atoms with Gasteiger partial charge in [0.25, 0.3) is 0 Å². The summed E-state index contributed by atoms with van der Waals surface area (Å²) in [4.78, 5) is 13.1. The largest absolute Gasteiger partial charge is 0.310 e. The minimum Gasteiger partial charge on any atom is -0.310 e. The third kappa shape index (κ3) is 3.43. The van der Waals surface area contributed by atoms with Crippen LogP contribution in [0.2, 0.25) is 5.02 Å². The van der Waals surface area contributed by atoms with Crippen LogP contribution in [0.1, 0.15) is 6.42 Å². The first-order valence-corrected chi connectivity index (χ1v) is 7.61. The number of halogens is 2. The summed E-state index contributed by atoms with van der Waals surface area (Å²) < 4.78 is 35.2. The van der Waals surface area contributed by atoms with Crippen molar-refractivity contribution in [2.75, 3.05) is 17.2 Å². The number of sulfonamides is 1. The number of carbonyl (C=O) groups is 1. The molecule has 19 heavy (non-hydrogen) atoms. The van der Waals surface area contributed by atoms with E-state index < -0.39 is 21.8 Å². The van der Waals surface area contributed by atoms with Gasteiger partial charge in [0.15, 0.2) is 0 Å². The molecular formula is C11H12ClFN2O3S. The van der Waals surface area contributed by atoms with Crippen LogP contribution in [-0.4, -0.2) is 26.6 Å². The van der Waals surface area contributed by atoms with Crippen LogP contribution < -0.4 is 10.0 Å². The van der Waals surface area contributed by atoms with E-state index in [0.717, 1.165) is 6.07 Å². The monoisotopic (exact) mass is 306 g/mol. The lowest BCUT2D eigenvalue weighted by molar-refractivity contribution is -0.117. The highest BCUT2D eigenvalue weighted by atomic mass is 35.5. The Hall–Kier alpha value is -1.18. The maximum Gasteiger partial charge on any atom is 0.227 e. The average molecular weight is 307 g/mol. The van der Waals surface area contributed by atoms with Gasteiger partial charge in [0.1, 0.15) is 5.82 Å². The molecule has 0 bridgehead atoms. The standard InChI is InChI=1S/C11H12ClFN2O3S/c12-9-2-1-8(13)4-10(9)15-5-7(3-11(15)16)6-19(14,17)18/h1-2,4,7H,3,5-6H2,(H2,14,17,18). The highest BCUT2D eigenvalue weighted by Crippen LogP contribution is 2.32. The maximum atomic E-state index is 13.2. The number of hydrogen-bond acceptors (Lipinski definition) is 3. The van der Waals surface area contributed by atoms with Gasteiger partial charge >= 0.3 is 0 Å². The van der Waals surface area contributed by atoms with Crippen molar-refractivity contribution in [1.29, 1.82) is 0 Å². The second-order valence-corrected chi connectivity index (χ2v) is 6.57. The zero-order chi connectivity index (χ0) is 14.2. The van der Waals surface area contributed by atoms with Gasteiger partial charge in [0.2, 0.25) is 15.9 Å². The summed E-state index contributed by atoms with van der Waals surface area (Å²) in [6, 6.07) is 3.69. The summed E-state index contributed by atoms with van der Waals surface area (Å²) in [5.74, 6) is -1.48. The van der Waals surface area contributed by atoms with Crippen LogP contribution in [0.4, 0.5) is 10.1 Å². The molecule has 1 unspecified atom stereocenters. The van der Waals surface area contributed by atoms with E-state index in [4.69, 9.17) is 16.7 Å². The van der Waals surface area contributed by atoms with Crippen LogP contribution in [0.25, 0.3) is 0 Å². The Morgan fingerprint density at radius 3 is 2.79 bits per heavy atom. The van der Waals surface area contributed by atoms with Crippen molar-refractivity contribution in [2.24, 2.45) is 11.1 Å². The molecule has 0 spiro atoms. The van der Waals surface area contributed by atoms with Crippen molar-refractivity contribution < 1.29 is 17.6 Å². The van der Waals surface area contributed by atoms with Crippen molar-refractivity contribution in [3.05, 3.63) is 29.0 Å². The van der Waals surface area contributed by atoms with E-state index in [1.165, 1.54) is 17.0 Å². The fourth-order valence-electron chi connectivity index (χ4n) is 2.15. The summed E-state index contributed by atoms with van der Waals surface area (Å²) in [6.45, 7) is 0.165. The Kier molecular flexibility index (Phi) is 3.80. The molecule has 0 aromatic heterocycles. The summed E-state index contributed by atoms with van der Waals surface area (Å²) in [6.07, 6.45) is 0.0588. The molecule has 1 fully saturated rings. The van der Waals surface area contributed by atoms with Crippen molar-refractivity contribution >= 4 is 33.2 Å². The number of hydrogen-bond donors (Lipinski definition) is 1. The van der Waals surface area contributed by atoms with Crippen LogP contribution in [0.15, 0.2) is 18.2 Å². The fraction of sp³-hybridized carbons (Fsp3) is 0.364. The number of anilines is 1. The molecule has 1 amide bonds. The first kappa shape index (κ1) is 14.2. The molecule has 1 heterocycles. The van der Waals surface area contributed by atoms with E-state index in [9.17, 15) is 17.6 Å². The molecule has 1 aliphatic rings. The van der Waals surface area contributed by atoms with Crippen LogP contribution in [0.3, 0.4) is 0 Å². The molecule has 2 rings (SSSR count). The van der Waals surface area contributed by atoms with Crippen LogP contribution in [-0.2, 0) is 14.8 Å². The van der Waals surface area contributed by atoms with E-state index in [0.29, 0.717) is 0 Å². The summed E-state index contributed by atoms with van der Waals surface area (Å²) >= 11 is 5.92. The van der Waals surface area contributed by atoms with Gasteiger partial charge < -0.3 is 4.90 Å². The molecule has 8 heteroatoms. The molecule has 1 aromatic carbocycles. The number of nitrogens with zero attached hydrogens (tertiary/aromatic N) is 1. The van der Waals surface area contributed by atoms with Crippen molar-refractivity contribution in [3.63, 3.8) is 0 Å². The SMILES string of the molecule is NS(=O)(=O)CC1CC(=O)N(c2cc(F)ccc2Cl)C1. The molecule has 1 aromatic rings. The molecule has 1 saturated heterocycles. The Morgan fingerprint density at radius 1 is 1.47 bits per heavy atom. The normalized spacial score (nSPS) is 20.1. The van der Waals surface area contributed by atoms with Gasteiger partial charge in [-0.15, -0.1) is 0 Å². The van der Waals surface area contributed by atoms with Gasteiger partial charge in [-0.2, -0.15) is 0 Å². The topological polar surface area (TPSA) is 80.5 Å². The molecule has 104 valence electrons. The number of rotatable bonds is 3. The molecular weight excluding hydrogens is 295 g/mol. The quantitative estimate of drug-likeness (QED) is 0.908. The van der Waals surface area contributed by atoms with Crippen LogP contribution >= 0.6 is 11.6 Å². The molecule has 5 nitrogen and oxygen atoms in total. The number of benzene rings is 1. The lowest BCUT2D eigenvalue weighted by atomic mass is 10.1. The molecule has 0 radical (unpaired) electrons. The third-order valence-corrected chi connectivity index (χ3v) is 4.13. The number of nitrogens with two attached hydrogens (primary N) is 1. The van der Waals surface area contributed by atoms with Gasteiger partial charge in [0, 0.05) is 18.9 Å². The molecule has 2 N–H and O–H groups in total. The summed E-state index contributed by atoms with van der Waals surface area (Å²) in [7, 11) is -3.64. The van der Waals surface area contributed by atoms with Gasteiger partial charge in [-0.05, 0) is 18.2 Å². The van der Waals surface area contributed by atoms with Crippen LogP contribution in [0.5, 0.6) is 0 Å². The van der Waals surface area contributed by atoms with E-state index in [1.54, 1.807) is 0 Å². The number of primary sulfonamides is 1.